The van der Waals surface area contributed by atoms with E-state index < -0.39 is 0 Å². The minimum absolute atomic E-state index is 0.103. The lowest BCUT2D eigenvalue weighted by atomic mass is 10.1. The highest BCUT2D eigenvalue weighted by atomic mass is 16.6. The van der Waals surface area contributed by atoms with Gasteiger partial charge in [0.25, 0.3) is 0 Å². The smallest absolute Gasteiger partial charge is 0.311 e. The fourth-order valence-electron chi connectivity index (χ4n) is 2.39. The third-order valence-electron chi connectivity index (χ3n) is 3.27. The van der Waals surface area contributed by atoms with Gasteiger partial charge in [-0.1, -0.05) is 0 Å². The average Bonchev–Trinajstić information content (AvgIpc) is 2.77. The first-order valence-electron chi connectivity index (χ1n) is 6.13. The van der Waals surface area contributed by atoms with E-state index in [9.17, 15) is 10.1 Å². The predicted octanol–water partition coefficient (Wildman–Crippen LogP) is 1.34. The molecule has 0 spiro atoms. The van der Waals surface area contributed by atoms with Gasteiger partial charge in [-0.3, -0.25) is 10.1 Å². The summed E-state index contributed by atoms with van der Waals surface area (Å²) in [5.74, 6) is 1.05. The Bertz CT molecular complexity index is 450. The van der Waals surface area contributed by atoms with Gasteiger partial charge in [-0.2, -0.15) is 0 Å². The Morgan fingerprint density at radius 3 is 3.06 bits per heavy atom. The molecular formula is C12H18N4O2. The van der Waals surface area contributed by atoms with Crippen LogP contribution in [0.2, 0.25) is 0 Å². The maximum atomic E-state index is 11.0. The molecule has 0 aliphatic carbocycles. The van der Waals surface area contributed by atoms with Crippen LogP contribution in [0.15, 0.2) is 12.1 Å². The standard InChI is InChI=1S/C12H18N4O2/c1-9-3-4-11(16(17)18)12(14-9)15-6-5-10(8-15)7-13-2/h3-4,10,13H,5-8H2,1-2H3. The summed E-state index contributed by atoms with van der Waals surface area (Å²) in [6.07, 6.45) is 1.05. The van der Waals surface area contributed by atoms with Gasteiger partial charge in [0.05, 0.1) is 4.92 Å². The lowest BCUT2D eigenvalue weighted by Crippen LogP contribution is -2.25. The van der Waals surface area contributed by atoms with Crippen LogP contribution in [0.3, 0.4) is 0 Å². The van der Waals surface area contributed by atoms with E-state index in [1.165, 1.54) is 0 Å². The maximum Gasteiger partial charge on any atom is 0.311 e. The van der Waals surface area contributed by atoms with E-state index in [2.05, 4.69) is 10.3 Å². The number of nitrogens with zero attached hydrogens (tertiary/aromatic N) is 3. The molecule has 2 rings (SSSR count). The van der Waals surface area contributed by atoms with Crippen LogP contribution in [0.25, 0.3) is 0 Å². The zero-order valence-corrected chi connectivity index (χ0v) is 10.7. The molecule has 1 unspecified atom stereocenters. The van der Waals surface area contributed by atoms with Crippen LogP contribution in [0, 0.1) is 23.0 Å². The summed E-state index contributed by atoms with van der Waals surface area (Å²) >= 11 is 0. The van der Waals surface area contributed by atoms with Crippen LogP contribution in [0.4, 0.5) is 11.5 Å². The molecule has 0 saturated carbocycles. The average molecular weight is 250 g/mol. The number of nitro groups is 1. The summed E-state index contributed by atoms with van der Waals surface area (Å²) < 4.78 is 0. The van der Waals surface area contributed by atoms with Crippen LogP contribution in [-0.4, -0.2) is 36.6 Å². The molecule has 1 saturated heterocycles. The molecule has 98 valence electrons. The van der Waals surface area contributed by atoms with Crippen molar-refractivity contribution in [1.82, 2.24) is 10.3 Å². The third-order valence-corrected chi connectivity index (χ3v) is 3.27. The Hall–Kier alpha value is -1.69. The lowest BCUT2D eigenvalue weighted by molar-refractivity contribution is -0.384. The van der Waals surface area contributed by atoms with Crippen molar-refractivity contribution in [3.05, 3.63) is 27.9 Å². The van der Waals surface area contributed by atoms with Crippen molar-refractivity contribution in [2.75, 3.05) is 31.6 Å². The summed E-state index contributed by atoms with van der Waals surface area (Å²) in [7, 11) is 1.93. The normalized spacial score (nSPS) is 19.2. The molecule has 1 N–H and O–H groups in total. The Kier molecular flexibility index (Phi) is 3.76. The van der Waals surface area contributed by atoms with Gasteiger partial charge in [0.2, 0.25) is 5.82 Å². The van der Waals surface area contributed by atoms with E-state index in [-0.39, 0.29) is 10.6 Å². The van der Waals surface area contributed by atoms with Crippen molar-refractivity contribution in [1.29, 1.82) is 0 Å². The SMILES string of the molecule is CNCC1CCN(c2nc(C)ccc2[N+](=O)[O-])C1. The Morgan fingerprint density at radius 2 is 2.39 bits per heavy atom. The highest BCUT2D eigenvalue weighted by Crippen LogP contribution is 2.30. The number of anilines is 1. The zero-order valence-electron chi connectivity index (χ0n) is 10.7. The molecule has 1 aliphatic heterocycles. The molecule has 0 amide bonds. The second-order valence-electron chi connectivity index (χ2n) is 4.71. The lowest BCUT2D eigenvalue weighted by Gasteiger charge is -2.17. The molecule has 18 heavy (non-hydrogen) atoms. The Morgan fingerprint density at radius 1 is 1.61 bits per heavy atom. The van der Waals surface area contributed by atoms with Gasteiger partial charge in [-0.15, -0.1) is 0 Å². The molecule has 6 nitrogen and oxygen atoms in total. The van der Waals surface area contributed by atoms with Gasteiger partial charge < -0.3 is 10.2 Å². The van der Waals surface area contributed by atoms with Gasteiger partial charge in [-0.05, 0) is 38.9 Å². The number of aromatic nitrogens is 1. The van der Waals surface area contributed by atoms with Crippen molar-refractivity contribution >= 4 is 11.5 Å². The fourth-order valence-corrected chi connectivity index (χ4v) is 2.39. The van der Waals surface area contributed by atoms with Crippen LogP contribution in [0.1, 0.15) is 12.1 Å². The summed E-state index contributed by atoms with van der Waals surface area (Å²) in [4.78, 5) is 17.0. The van der Waals surface area contributed by atoms with Crippen LogP contribution >= 0.6 is 0 Å². The molecule has 0 bridgehead atoms. The molecule has 2 heterocycles. The van der Waals surface area contributed by atoms with Crippen molar-refractivity contribution in [3.63, 3.8) is 0 Å². The van der Waals surface area contributed by atoms with E-state index in [0.29, 0.717) is 11.7 Å². The first kappa shape index (κ1) is 12.8. The van der Waals surface area contributed by atoms with Gasteiger partial charge in [0.1, 0.15) is 0 Å². The monoisotopic (exact) mass is 250 g/mol. The molecule has 1 atom stereocenters. The molecule has 0 radical (unpaired) electrons. The van der Waals surface area contributed by atoms with Crippen LogP contribution in [0.5, 0.6) is 0 Å². The second kappa shape index (κ2) is 5.30. The topological polar surface area (TPSA) is 71.3 Å². The molecule has 1 aliphatic rings. The maximum absolute atomic E-state index is 11.0. The largest absolute Gasteiger partial charge is 0.351 e. The number of rotatable bonds is 4. The molecule has 6 heteroatoms. The van der Waals surface area contributed by atoms with Crippen LogP contribution in [-0.2, 0) is 0 Å². The minimum atomic E-state index is -0.354. The summed E-state index contributed by atoms with van der Waals surface area (Å²) in [6.45, 7) is 4.46. The van der Waals surface area contributed by atoms with E-state index in [0.717, 1.165) is 31.7 Å². The molecule has 0 aromatic carbocycles. The number of aryl methyl sites for hydroxylation is 1. The van der Waals surface area contributed by atoms with E-state index >= 15 is 0 Å². The molecule has 1 fully saturated rings. The number of nitrogens with one attached hydrogen (secondary N) is 1. The highest BCUT2D eigenvalue weighted by Gasteiger charge is 2.28. The minimum Gasteiger partial charge on any atom is -0.351 e. The molecule has 1 aromatic heterocycles. The van der Waals surface area contributed by atoms with Gasteiger partial charge in [-0.25, -0.2) is 4.98 Å². The highest BCUT2D eigenvalue weighted by molar-refractivity contribution is 5.58. The number of hydrogen-bond donors (Lipinski definition) is 1. The predicted molar refractivity (Wildman–Crippen MR) is 69.9 cm³/mol. The van der Waals surface area contributed by atoms with E-state index in [1.807, 2.05) is 18.9 Å². The van der Waals surface area contributed by atoms with Crippen molar-refractivity contribution in [2.24, 2.45) is 5.92 Å². The first-order valence-corrected chi connectivity index (χ1v) is 6.13. The number of pyridine rings is 1. The molecular weight excluding hydrogens is 232 g/mol. The second-order valence-corrected chi connectivity index (χ2v) is 4.71. The van der Waals surface area contributed by atoms with Crippen molar-refractivity contribution in [2.45, 2.75) is 13.3 Å². The van der Waals surface area contributed by atoms with E-state index in [4.69, 9.17) is 0 Å². The summed E-state index contributed by atoms with van der Waals surface area (Å²) in [6, 6.07) is 3.23. The molecule has 1 aromatic rings. The van der Waals surface area contributed by atoms with Crippen LogP contribution < -0.4 is 10.2 Å². The Labute approximate surface area is 106 Å². The van der Waals surface area contributed by atoms with Gasteiger partial charge >= 0.3 is 5.69 Å². The summed E-state index contributed by atoms with van der Waals surface area (Å²) in [5, 5.41) is 14.2. The number of hydrogen-bond acceptors (Lipinski definition) is 5. The summed E-state index contributed by atoms with van der Waals surface area (Å²) in [5.41, 5.74) is 0.915. The van der Waals surface area contributed by atoms with E-state index in [1.54, 1.807) is 12.1 Å². The first-order chi connectivity index (χ1) is 8.61. The quantitative estimate of drug-likeness (QED) is 0.645. The zero-order chi connectivity index (χ0) is 13.1. The van der Waals surface area contributed by atoms with Gasteiger partial charge in [0, 0.05) is 24.8 Å². The Balaban J connectivity index is 2.23. The van der Waals surface area contributed by atoms with Crippen molar-refractivity contribution < 1.29 is 4.92 Å². The van der Waals surface area contributed by atoms with Gasteiger partial charge in [0.15, 0.2) is 0 Å². The van der Waals surface area contributed by atoms with Crippen molar-refractivity contribution in [3.8, 4) is 0 Å². The third kappa shape index (κ3) is 2.59. The fraction of sp³-hybridized carbons (Fsp3) is 0.583.